The molecule has 0 unspecified atom stereocenters. The first-order chi connectivity index (χ1) is 14.3. The van der Waals surface area contributed by atoms with Gasteiger partial charge in [-0.25, -0.2) is 4.98 Å². The van der Waals surface area contributed by atoms with Crippen LogP contribution in [-0.2, 0) is 6.54 Å². The molecule has 0 aliphatic carbocycles. The second-order valence-corrected chi connectivity index (χ2v) is 7.24. The summed E-state index contributed by atoms with van der Waals surface area (Å²) in [6, 6.07) is 15.9. The Morgan fingerprint density at radius 3 is 2.59 bits per heavy atom. The summed E-state index contributed by atoms with van der Waals surface area (Å²) in [5.74, 6) is 1.64. The fraction of sp³-hybridized carbons (Fsp3) is 0.273. The predicted octanol–water partition coefficient (Wildman–Crippen LogP) is 2.56. The second kappa shape index (κ2) is 7.60. The number of benzene rings is 2. The molecule has 0 saturated carbocycles. The number of para-hydroxylation sites is 1. The molecule has 1 saturated heterocycles. The zero-order chi connectivity index (χ0) is 19.6. The normalized spacial score (nSPS) is 16.2. The molecule has 1 fully saturated rings. The maximum absolute atomic E-state index is 13.1. The van der Waals surface area contributed by atoms with Crippen LogP contribution in [0.5, 0.6) is 11.5 Å². The van der Waals surface area contributed by atoms with Crippen molar-refractivity contribution in [2.45, 2.75) is 6.54 Å². The first-order valence-electron chi connectivity index (χ1n) is 9.76. The first-order valence-corrected chi connectivity index (χ1v) is 9.76. The Morgan fingerprint density at radius 1 is 0.966 bits per heavy atom. The number of hydrogen-bond donors (Lipinski definition) is 0. The molecule has 3 heterocycles. The minimum absolute atomic E-state index is 0.0223. The molecule has 2 aromatic carbocycles. The van der Waals surface area contributed by atoms with Gasteiger partial charge in [-0.1, -0.05) is 24.3 Å². The van der Waals surface area contributed by atoms with Gasteiger partial charge in [-0.2, -0.15) is 0 Å². The largest absolute Gasteiger partial charge is 0.454 e. The van der Waals surface area contributed by atoms with Crippen molar-refractivity contribution in [1.82, 2.24) is 19.4 Å². The number of ether oxygens (including phenoxy) is 2. The lowest BCUT2D eigenvalue weighted by molar-refractivity contribution is 0.0620. The van der Waals surface area contributed by atoms with Crippen molar-refractivity contribution in [3.63, 3.8) is 0 Å². The number of piperazine rings is 1. The molecular formula is C22H22N4O3. The van der Waals surface area contributed by atoms with Crippen molar-refractivity contribution in [1.29, 1.82) is 0 Å². The van der Waals surface area contributed by atoms with Gasteiger partial charge in [0.05, 0.1) is 12.5 Å². The number of nitrogens with zero attached hydrogens (tertiary/aromatic N) is 4. The van der Waals surface area contributed by atoms with Crippen molar-refractivity contribution in [3.8, 4) is 17.2 Å². The Balaban J connectivity index is 1.22. The summed E-state index contributed by atoms with van der Waals surface area (Å²) in [5.41, 5.74) is 2.73. The van der Waals surface area contributed by atoms with Crippen LogP contribution in [0.25, 0.3) is 5.69 Å². The van der Waals surface area contributed by atoms with Crippen molar-refractivity contribution in [3.05, 3.63) is 72.3 Å². The summed E-state index contributed by atoms with van der Waals surface area (Å²) in [6.45, 7) is 4.19. The number of fused-ring (bicyclic) bond motifs is 1. The highest BCUT2D eigenvalue weighted by atomic mass is 16.7. The van der Waals surface area contributed by atoms with E-state index in [1.165, 1.54) is 5.56 Å². The Labute approximate surface area is 169 Å². The van der Waals surface area contributed by atoms with Crippen LogP contribution in [0.1, 0.15) is 16.1 Å². The molecule has 1 aromatic heterocycles. The van der Waals surface area contributed by atoms with Crippen molar-refractivity contribution >= 4 is 5.91 Å². The maximum atomic E-state index is 13.1. The SMILES string of the molecule is O=C(c1cncn1-c1ccccc1)N1CCN(Cc2ccc3c(c2)OCO3)CC1. The minimum atomic E-state index is 0.0223. The highest BCUT2D eigenvalue weighted by Crippen LogP contribution is 2.32. The summed E-state index contributed by atoms with van der Waals surface area (Å²) in [4.78, 5) is 21.5. The molecule has 0 spiro atoms. The lowest BCUT2D eigenvalue weighted by Crippen LogP contribution is -2.48. The summed E-state index contributed by atoms with van der Waals surface area (Å²) in [5, 5.41) is 0. The van der Waals surface area contributed by atoms with Crippen LogP contribution in [-0.4, -0.2) is 58.2 Å². The van der Waals surface area contributed by atoms with Crippen LogP contribution in [0.15, 0.2) is 61.1 Å². The van der Waals surface area contributed by atoms with Crippen LogP contribution in [0.4, 0.5) is 0 Å². The quantitative estimate of drug-likeness (QED) is 0.685. The number of rotatable bonds is 4. The van der Waals surface area contributed by atoms with E-state index in [9.17, 15) is 4.79 Å². The predicted molar refractivity (Wildman–Crippen MR) is 107 cm³/mol. The number of hydrogen-bond acceptors (Lipinski definition) is 5. The van der Waals surface area contributed by atoms with E-state index in [2.05, 4.69) is 16.0 Å². The minimum Gasteiger partial charge on any atom is -0.454 e. The fourth-order valence-electron chi connectivity index (χ4n) is 3.82. The maximum Gasteiger partial charge on any atom is 0.272 e. The van der Waals surface area contributed by atoms with Gasteiger partial charge < -0.3 is 14.4 Å². The van der Waals surface area contributed by atoms with E-state index in [1.54, 1.807) is 12.5 Å². The Kier molecular flexibility index (Phi) is 4.65. The van der Waals surface area contributed by atoms with Gasteiger partial charge in [0.1, 0.15) is 5.69 Å². The zero-order valence-electron chi connectivity index (χ0n) is 16.0. The molecule has 0 N–H and O–H groups in total. The van der Waals surface area contributed by atoms with Crippen molar-refractivity contribution in [2.24, 2.45) is 0 Å². The first kappa shape index (κ1) is 17.8. The lowest BCUT2D eigenvalue weighted by atomic mass is 10.1. The Morgan fingerprint density at radius 2 is 1.76 bits per heavy atom. The average molecular weight is 390 g/mol. The van der Waals surface area contributed by atoms with Crippen LogP contribution in [0, 0.1) is 0 Å². The third-order valence-electron chi connectivity index (χ3n) is 5.39. The smallest absolute Gasteiger partial charge is 0.272 e. The molecule has 1 amide bonds. The van der Waals surface area contributed by atoms with E-state index in [0.717, 1.165) is 36.8 Å². The van der Waals surface area contributed by atoms with Gasteiger partial charge >= 0.3 is 0 Å². The fourth-order valence-corrected chi connectivity index (χ4v) is 3.82. The summed E-state index contributed by atoms with van der Waals surface area (Å²) >= 11 is 0. The topological polar surface area (TPSA) is 59.8 Å². The second-order valence-electron chi connectivity index (χ2n) is 7.24. The Bertz CT molecular complexity index is 1010. The van der Waals surface area contributed by atoms with Crippen LogP contribution >= 0.6 is 0 Å². The number of carbonyl (C=O) groups excluding carboxylic acids is 1. The molecule has 3 aromatic rings. The molecule has 2 aliphatic heterocycles. The highest BCUT2D eigenvalue weighted by molar-refractivity contribution is 5.93. The molecule has 0 bridgehead atoms. The summed E-state index contributed by atoms with van der Waals surface area (Å²) < 4.78 is 12.7. The third kappa shape index (κ3) is 3.56. The van der Waals surface area contributed by atoms with Crippen LogP contribution in [0.3, 0.4) is 0 Å². The van der Waals surface area contributed by atoms with Gasteiger partial charge in [0.25, 0.3) is 5.91 Å². The summed E-state index contributed by atoms with van der Waals surface area (Å²) in [7, 11) is 0. The van der Waals surface area contributed by atoms with Gasteiger partial charge in [-0.3, -0.25) is 14.3 Å². The van der Waals surface area contributed by atoms with E-state index in [-0.39, 0.29) is 5.91 Å². The van der Waals surface area contributed by atoms with Crippen molar-refractivity contribution < 1.29 is 14.3 Å². The van der Waals surface area contributed by atoms with Gasteiger partial charge in [0, 0.05) is 38.4 Å². The molecule has 7 nitrogen and oxygen atoms in total. The Hall–Kier alpha value is -3.32. The molecule has 0 radical (unpaired) electrons. The van der Waals surface area contributed by atoms with E-state index < -0.39 is 0 Å². The highest BCUT2D eigenvalue weighted by Gasteiger charge is 2.25. The van der Waals surface area contributed by atoms with E-state index in [1.807, 2.05) is 51.9 Å². The number of amides is 1. The summed E-state index contributed by atoms with van der Waals surface area (Å²) in [6.07, 6.45) is 3.34. The molecule has 7 heteroatoms. The van der Waals surface area contributed by atoms with Gasteiger partial charge in [0.2, 0.25) is 6.79 Å². The monoisotopic (exact) mass is 390 g/mol. The van der Waals surface area contributed by atoms with Gasteiger partial charge in [-0.15, -0.1) is 0 Å². The molecule has 29 heavy (non-hydrogen) atoms. The standard InChI is InChI=1S/C22H22N4O3/c27-22(19-13-23-15-26(19)18-4-2-1-3-5-18)25-10-8-24(9-11-25)14-17-6-7-20-21(12-17)29-16-28-20/h1-7,12-13,15H,8-11,14,16H2. The molecule has 2 aliphatic rings. The van der Waals surface area contributed by atoms with Crippen LogP contribution in [0.2, 0.25) is 0 Å². The van der Waals surface area contributed by atoms with E-state index in [4.69, 9.17) is 9.47 Å². The molecule has 0 atom stereocenters. The number of carbonyl (C=O) groups is 1. The van der Waals surface area contributed by atoms with E-state index >= 15 is 0 Å². The van der Waals surface area contributed by atoms with E-state index in [0.29, 0.717) is 25.6 Å². The number of imidazole rings is 1. The lowest BCUT2D eigenvalue weighted by Gasteiger charge is -2.34. The average Bonchev–Trinajstić information content (AvgIpc) is 3.44. The van der Waals surface area contributed by atoms with Crippen LogP contribution < -0.4 is 9.47 Å². The van der Waals surface area contributed by atoms with Gasteiger partial charge in [0.15, 0.2) is 11.5 Å². The molecule has 148 valence electrons. The third-order valence-corrected chi connectivity index (χ3v) is 5.39. The number of aromatic nitrogens is 2. The van der Waals surface area contributed by atoms with Gasteiger partial charge in [-0.05, 0) is 29.8 Å². The molecular weight excluding hydrogens is 368 g/mol. The zero-order valence-corrected chi connectivity index (χ0v) is 16.0. The molecule has 5 rings (SSSR count). The van der Waals surface area contributed by atoms with Crippen molar-refractivity contribution in [2.75, 3.05) is 33.0 Å².